The maximum absolute atomic E-state index is 12.0. The van der Waals surface area contributed by atoms with Gasteiger partial charge in [-0.2, -0.15) is 0 Å². The fourth-order valence-electron chi connectivity index (χ4n) is 2.68. The van der Waals surface area contributed by atoms with Crippen LogP contribution in [-0.4, -0.2) is 33.9 Å². The molecule has 0 atom stereocenters. The van der Waals surface area contributed by atoms with Crippen LogP contribution in [0.3, 0.4) is 0 Å². The molecule has 1 aromatic carbocycles. The molecule has 0 saturated heterocycles. The van der Waals surface area contributed by atoms with E-state index in [4.69, 9.17) is 11.6 Å². The molecule has 120 valence electrons. The van der Waals surface area contributed by atoms with Crippen LogP contribution in [0, 0.1) is 0 Å². The van der Waals surface area contributed by atoms with Gasteiger partial charge in [-0.15, -0.1) is 0 Å². The van der Waals surface area contributed by atoms with Crippen LogP contribution < -0.4 is 5.32 Å². The van der Waals surface area contributed by atoms with Crippen molar-refractivity contribution >= 4 is 17.5 Å². The van der Waals surface area contributed by atoms with E-state index in [9.17, 15) is 4.79 Å². The number of hydrogen-bond acceptors (Lipinski definition) is 4. The van der Waals surface area contributed by atoms with Crippen LogP contribution in [0.5, 0.6) is 0 Å². The predicted octanol–water partition coefficient (Wildman–Crippen LogP) is 2.19. The summed E-state index contributed by atoms with van der Waals surface area (Å²) in [6.07, 6.45) is 4.89. The molecule has 23 heavy (non-hydrogen) atoms. The maximum Gasteiger partial charge on any atom is 0.221 e. The number of benzene rings is 1. The van der Waals surface area contributed by atoms with E-state index in [1.165, 1.54) is 5.56 Å². The smallest absolute Gasteiger partial charge is 0.221 e. The first-order chi connectivity index (χ1) is 11.2. The molecule has 0 spiro atoms. The van der Waals surface area contributed by atoms with Gasteiger partial charge in [-0.1, -0.05) is 29.8 Å². The first-order valence-electron chi connectivity index (χ1n) is 7.72. The van der Waals surface area contributed by atoms with Gasteiger partial charge in [0, 0.05) is 43.8 Å². The third kappa shape index (κ3) is 4.27. The van der Waals surface area contributed by atoms with E-state index in [-0.39, 0.29) is 5.91 Å². The number of carbonyl (C=O) groups is 1. The molecule has 0 bridgehead atoms. The van der Waals surface area contributed by atoms with E-state index in [1.54, 1.807) is 6.33 Å². The molecule has 1 N–H and O–H groups in total. The monoisotopic (exact) mass is 330 g/mol. The molecule has 0 unspecified atom stereocenters. The molecule has 6 heteroatoms. The summed E-state index contributed by atoms with van der Waals surface area (Å²) in [5.41, 5.74) is 3.22. The van der Waals surface area contributed by atoms with Crippen molar-refractivity contribution < 1.29 is 4.79 Å². The zero-order valence-electron chi connectivity index (χ0n) is 12.8. The van der Waals surface area contributed by atoms with Crippen molar-refractivity contribution in [2.45, 2.75) is 25.9 Å². The number of carbonyl (C=O) groups excluding carboxylic acids is 1. The number of amides is 1. The van der Waals surface area contributed by atoms with Gasteiger partial charge in [-0.05, 0) is 23.6 Å². The van der Waals surface area contributed by atoms with E-state index >= 15 is 0 Å². The molecule has 5 nitrogen and oxygen atoms in total. The number of aromatic nitrogens is 2. The van der Waals surface area contributed by atoms with Gasteiger partial charge in [0.05, 0.1) is 5.69 Å². The minimum Gasteiger partial charge on any atom is -0.352 e. The number of nitrogens with one attached hydrogen (secondary N) is 1. The summed E-state index contributed by atoms with van der Waals surface area (Å²) < 4.78 is 0. The van der Waals surface area contributed by atoms with E-state index in [0.717, 1.165) is 37.3 Å². The van der Waals surface area contributed by atoms with Gasteiger partial charge >= 0.3 is 0 Å². The van der Waals surface area contributed by atoms with Crippen LogP contribution in [0.1, 0.15) is 23.2 Å². The summed E-state index contributed by atoms with van der Waals surface area (Å²) in [6, 6.07) is 7.55. The molecule has 0 fully saturated rings. The van der Waals surface area contributed by atoms with Gasteiger partial charge in [-0.3, -0.25) is 9.69 Å². The van der Waals surface area contributed by atoms with Crippen LogP contribution in [0.25, 0.3) is 0 Å². The lowest BCUT2D eigenvalue weighted by molar-refractivity contribution is -0.121. The SMILES string of the molecule is O=C(CCN1CCc2cncnc2C1)NCc1ccccc1Cl. The summed E-state index contributed by atoms with van der Waals surface area (Å²) in [7, 11) is 0. The summed E-state index contributed by atoms with van der Waals surface area (Å²) >= 11 is 6.08. The fraction of sp³-hybridized carbons (Fsp3) is 0.353. The molecule has 0 aliphatic carbocycles. The number of halogens is 1. The Morgan fingerprint density at radius 3 is 3.09 bits per heavy atom. The fourth-order valence-corrected chi connectivity index (χ4v) is 2.88. The Bertz CT molecular complexity index is 692. The first kappa shape index (κ1) is 15.9. The Balaban J connectivity index is 1.44. The molecule has 2 aromatic rings. The minimum absolute atomic E-state index is 0.0402. The number of fused-ring (bicyclic) bond motifs is 1. The van der Waals surface area contributed by atoms with Crippen molar-refractivity contribution in [2.24, 2.45) is 0 Å². The third-order valence-electron chi connectivity index (χ3n) is 4.04. The van der Waals surface area contributed by atoms with Gasteiger partial charge in [0.25, 0.3) is 0 Å². The largest absolute Gasteiger partial charge is 0.352 e. The highest BCUT2D eigenvalue weighted by atomic mass is 35.5. The number of hydrogen-bond donors (Lipinski definition) is 1. The summed E-state index contributed by atoms with van der Waals surface area (Å²) in [4.78, 5) is 22.6. The lowest BCUT2D eigenvalue weighted by atomic mass is 10.1. The highest BCUT2D eigenvalue weighted by Crippen LogP contribution is 2.16. The van der Waals surface area contributed by atoms with Crippen LogP contribution in [0.15, 0.2) is 36.8 Å². The lowest BCUT2D eigenvalue weighted by Gasteiger charge is -2.27. The molecule has 3 rings (SSSR count). The lowest BCUT2D eigenvalue weighted by Crippen LogP contribution is -2.35. The summed E-state index contributed by atoms with van der Waals surface area (Å²) in [6.45, 7) is 2.93. The van der Waals surface area contributed by atoms with Crippen LogP contribution >= 0.6 is 11.6 Å². The minimum atomic E-state index is 0.0402. The average Bonchev–Trinajstić information content (AvgIpc) is 2.59. The van der Waals surface area contributed by atoms with Crippen LogP contribution in [0.4, 0.5) is 0 Å². The number of rotatable bonds is 5. The highest BCUT2D eigenvalue weighted by Gasteiger charge is 2.17. The molecular weight excluding hydrogens is 312 g/mol. The summed E-state index contributed by atoms with van der Waals surface area (Å²) in [5.74, 6) is 0.0402. The quantitative estimate of drug-likeness (QED) is 0.913. The van der Waals surface area contributed by atoms with Crippen molar-refractivity contribution in [3.05, 3.63) is 58.6 Å². The van der Waals surface area contributed by atoms with Crippen molar-refractivity contribution in [2.75, 3.05) is 13.1 Å². The van der Waals surface area contributed by atoms with Gasteiger partial charge < -0.3 is 5.32 Å². The predicted molar refractivity (Wildman–Crippen MR) is 88.9 cm³/mol. The molecule has 2 heterocycles. The Hall–Kier alpha value is -1.98. The van der Waals surface area contributed by atoms with Crippen molar-refractivity contribution in [1.82, 2.24) is 20.2 Å². The van der Waals surface area contributed by atoms with E-state index in [2.05, 4.69) is 20.2 Å². The molecule has 1 aliphatic heterocycles. The highest BCUT2D eigenvalue weighted by molar-refractivity contribution is 6.31. The van der Waals surface area contributed by atoms with Crippen LogP contribution in [0.2, 0.25) is 5.02 Å². The molecule has 1 amide bonds. The van der Waals surface area contributed by atoms with Gasteiger partial charge in [0.1, 0.15) is 6.33 Å². The van der Waals surface area contributed by atoms with Crippen molar-refractivity contribution in [3.63, 3.8) is 0 Å². The van der Waals surface area contributed by atoms with Crippen molar-refractivity contribution in [3.8, 4) is 0 Å². The third-order valence-corrected chi connectivity index (χ3v) is 4.41. The van der Waals surface area contributed by atoms with Gasteiger partial charge in [-0.25, -0.2) is 9.97 Å². The Morgan fingerprint density at radius 2 is 2.22 bits per heavy atom. The molecular formula is C17H19ClN4O. The van der Waals surface area contributed by atoms with E-state index in [1.807, 2.05) is 30.5 Å². The molecule has 1 aromatic heterocycles. The summed E-state index contributed by atoms with van der Waals surface area (Å²) in [5, 5.41) is 3.60. The Morgan fingerprint density at radius 1 is 1.35 bits per heavy atom. The topological polar surface area (TPSA) is 58.1 Å². The second-order valence-electron chi connectivity index (χ2n) is 5.64. The Labute approximate surface area is 140 Å². The van der Waals surface area contributed by atoms with Gasteiger partial charge in [0.15, 0.2) is 0 Å². The number of nitrogens with zero attached hydrogens (tertiary/aromatic N) is 3. The van der Waals surface area contributed by atoms with E-state index < -0.39 is 0 Å². The second kappa shape index (κ2) is 7.53. The normalized spacial score (nSPS) is 14.3. The maximum atomic E-state index is 12.0. The van der Waals surface area contributed by atoms with Crippen LogP contribution in [-0.2, 0) is 24.3 Å². The van der Waals surface area contributed by atoms with Crippen molar-refractivity contribution in [1.29, 1.82) is 0 Å². The second-order valence-corrected chi connectivity index (χ2v) is 6.05. The zero-order chi connectivity index (χ0) is 16.1. The average molecular weight is 331 g/mol. The van der Waals surface area contributed by atoms with Gasteiger partial charge in [0.2, 0.25) is 5.91 Å². The molecule has 1 aliphatic rings. The standard InChI is InChI=1S/C17H19ClN4O/c18-15-4-2-1-3-13(15)10-20-17(23)6-8-22-7-5-14-9-19-12-21-16(14)11-22/h1-4,9,12H,5-8,10-11H2,(H,20,23). The van der Waals surface area contributed by atoms with E-state index in [0.29, 0.717) is 18.0 Å². The molecule has 0 saturated carbocycles. The first-order valence-corrected chi connectivity index (χ1v) is 8.10. The Kier molecular flexibility index (Phi) is 5.20. The molecule has 0 radical (unpaired) electrons. The zero-order valence-corrected chi connectivity index (χ0v) is 13.6.